The van der Waals surface area contributed by atoms with Crippen LogP contribution < -0.4 is 4.90 Å². The van der Waals surface area contributed by atoms with Gasteiger partial charge in [0.25, 0.3) is 0 Å². The Balaban J connectivity index is 1.83. The number of carbonyl (C=O) groups is 1. The molecule has 1 aliphatic rings. The minimum absolute atomic E-state index is 0.122. The second kappa shape index (κ2) is 6.57. The summed E-state index contributed by atoms with van der Waals surface area (Å²) in [7, 11) is 1.78. The molecule has 1 N–H and O–H groups in total. The van der Waals surface area contributed by atoms with Crippen molar-refractivity contribution in [3.8, 4) is 5.75 Å². The predicted molar refractivity (Wildman–Crippen MR) is 74.3 cm³/mol. The van der Waals surface area contributed by atoms with Gasteiger partial charge in [-0.1, -0.05) is 0 Å². The molecule has 1 heterocycles. The van der Waals surface area contributed by atoms with Crippen molar-refractivity contribution in [1.82, 2.24) is 0 Å². The maximum absolute atomic E-state index is 12.1. The maximum atomic E-state index is 12.1. The molecule has 1 aromatic carbocycles. The van der Waals surface area contributed by atoms with Crippen LogP contribution in [-0.4, -0.2) is 31.3 Å². The van der Waals surface area contributed by atoms with Gasteiger partial charge in [-0.25, -0.2) is 0 Å². The van der Waals surface area contributed by atoms with Gasteiger partial charge in [-0.2, -0.15) is 0 Å². The first kappa shape index (κ1) is 13.9. The number of phenols is 1. The molecule has 2 rings (SSSR count). The molecule has 1 saturated heterocycles. The summed E-state index contributed by atoms with van der Waals surface area (Å²) in [6, 6.07) is 6.69. The van der Waals surface area contributed by atoms with Crippen LogP contribution in [0.1, 0.15) is 25.7 Å². The molecule has 104 valence electrons. The lowest BCUT2D eigenvalue weighted by Crippen LogP contribution is -2.27. The summed E-state index contributed by atoms with van der Waals surface area (Å²) >= 11 is 0. The number of carbonyl (C=O) groups excluding carboxylic acids is 1. The zero-order valence-corrected chi connectivity index (χ0v) is 11.3. The molecular formula is C15H21NO3. The van der Waals surface area contributed by atoms with Crippen molar-refractivity contribution in [2.45, 2.75) is 25.7 Å². The molecule has 0 aromatic heterocycles. The van der Waals surface area contributed by atoms with E-state index in [4.69, 9.17) is 4.74 Å². The van der Waals surface area contributed by atoms with Gasteiger partial charge in [0.15, 0.2) is 0 Å². The molecule has 0 saturated carbocycles. The van der Waals surface area contributed by atoms with Crippen LogP contribution in [0.5, 0.6) is 5.75 Å². The number of benzene rings is 1. The highest BCUT2D eigenvalue weighted by Gasteiger charge is 2.17. The molecule has 4 nitrogen and oxygen atoms in total. The van der Waals surface area contributed by atoms with E-state index in [-0.39, 0.29) is 11.7 Å². The van der Waals surface area contributed by atoms with Crippen LogP contribution in [0.15, 0.2) is 24.3 Å². The number of rotatable bonds is 4. The van der Waals surface area contributed by atoms with Gasteiger partial charge in [-0.15, -0.1) is 0 Å². The van der Waals surface area contributed by atoms with E-state index in [1.165, 1.54) is 0 Å². The molecule has 0 spiro atoms. The van der Waals surface area contributed by atoms with Crippen LogP contribution in [0.3, 0.4) is 0 Å². The first-order chi connectivity index (χ1) is 9.16. The number of amides is 1. The van der Waals surface area contributed by atoms with Crippen molar-refractivity contribution in [3.05, 3.63) is 24.3 Å². The van der Waals surface area contributed by atoms with E-state index >= 15 is 0 Å². The lowest BCUT2D eigenvalue weighted by molar-refractivity contribution is -0.118. The summed E-state index contributed by atoms with van der Waals surface area (Å²) < 4.78 is 5.32. The lowest BCUT2D eigenvalue weighted by Gasteiger charge is -2.23. The van der Waals surface area contributed by atoms with E-state index in [9.17, 15) is 9.90 Å². The van der Waals surface area contributed by atoms with E-state index in [2.05, 4.69) is 0 Å². The summed E-state index contributed by atoms with van der Waals surface area (Å²) in [5.41, 5.74) is 0.815. The minimum Gasteiger partial charge on any atom is -0.508 e. The van der Waals surface area contributed by atoms with Gasteiger partial charge in [-0.05, 0) is 49.4 Å². The normalized spacial score (nSPS) is 16.3. The Morgan fingerprint density at radius 3 is 2.58 bits per heavy atom. The van der Waals surface area contributed by atoms with Crippen molar-refractivity contribution in [3.63, 3.8) is 0 Å². The molecule has 0 atom stereocenters. The largest absolute Gasteiger partial charge is 0.508 e. The molecule has 4 heteroatoms. The molecular weight excluding hydrogens is 242 g/mol. The van der Waals surface area contributed by atoms with Gasteiger partial charge in [0.2, 0.25) is 5.91 Å². The summed E-state index contributed by atoms with van der Waals surface area (Å²) in [5, 5.41) is 9.24. The quantitative estimate of drug-likeness (QED) is 0.908. The number of hydrogen-bond acceptors (Lipinski definition) is 3. The van der Waals surface area contributed by atoms with Crippen molar-refractivity contribution >= 4 is 11.6 Å². The first-order valence-corrected chi connectivity index (χ1v) is 6.80. The Kier molecular flexibility index (Phi) is 4.80. The fourth-order valence-electron chi connectivity index (χ4n) is 2.35. The standard InChI is InChI=1S/C15H21NO3/c1-16(13-3-5-14(17)6-4-13)15(18)7-2-12-8-10-19-11-9-12/h3-6,12,17H,2,7-11H2,1H3. The van der Waals surface area contributed by atoms with E-state index in [1.807, 2.05) is 0 Å². The molecule has 0 aliphatic carbocycles. The van der Waals surface area contributed by atoms with E-state index < -0.39 is 0 Å². The second-order valence-electron chi connectivity index (χ2n) is 5.06. The summed E-state index contributed by atoms with van der Waals surface area (Å²) in [6.07, 6.45) is 3.64. The molecule has 0 radical (unpaired) electrons. The monoisotopic (exact) mass is 263 g/mol. The number of nitrogens with zero attached hydrogens (tertiary/aromatic N) is 1. The second-order valence-corrected chi connectivity index (χ2v) is 5.06. The molecule has 0 unspecified atom stereocenters. The van der Waals surface area contributed by atoms with Crippen molar-refractivity contribution in [1.29, 1.82) is 0 Å². The highest BCUT2D eigenvalue weighted by Crippen LogP contribution is 2.22. The van der Waals surface area contributed by atoms with Gasteiger partial charge in [0.05, 0.1) is 0 Å². The highest BCUT2D eigenvalue weighted by molar-refractivity contribution is 5.92. The molecule has 0 bridgehead atoms. The molecule has 1 amide bonds. The fraction of sp³-hybridized carbons (Fsp3) is 0.533. The Labute approximate surface area is 114 Å². The molecule has 1 fully saturated rings. The van der Waals surface area contributed by atoms with Crippen LogP contribution in [0.4, 0.5) is 5.69 Å². The third-order valence-corrected chi connectivity index (χ3v) is 3.72. The van der Waals surface area contributed by atoms with Gasteiger partial charge in [-0.3, -0.25) is 4.79 Å². The van der Waals surface area contributed by atoms with Gasteiger partial charge in [0, 0.05) is 32.4 Å². The molecule has 1 aromatic rings. The Bertz CT molecular complexity index is 410. The fourth-order valence-corrected chi connectivity index (χ4v) is 2.35. The van der Waals surface area contributed by atoms with Gasteiger partial charge >= 0.3 is 0 Å². The number of hydrogen-bond donors (Lipinski definition) is 1. The van der Waals surface area contributed by atoms with Gasteiger partial charge < -0.3 is 14.7 Å². The maximum Gasteiger partial charge on any atom is 0.226 e. The first-order valence-electron chi connectivity index (χ1n) is 6.80. The third-order valence-electron chi connectivity index (χ3n) is 3.72. The van der Waals surface area contributed by atoms with Gasteiger partial charge in [0.1, 0.15) is 5.75 Å². The van der Waals surface area contributed by atoms with Crippen LogP contribution >= 0.6 is 0 Å². The van der Waals surface area contributed by atoms with Crippen molar-refractivity contribution < 1.29 is 14.6 Å². The average molecular weight is 263 g/mol. The number of anilines is 1. The molecule has 1 aliphatic heterocycles. The number of ether oxygens (including phenoxy) is 1. The Morgan fingerprint density at radius 2 is 1.95 bits per heavy atom. The van der Waals surface area contributed by atoms with Crippen LogP contribution in [0.2, 0.25) is 0 Å². The minimum atomic E-state index is 0.122. The van der Waals surface area contributed by atoms with E-state index in [0.29, 0.717) is 12.3 Å². The lowest BCUT2D eigenvalue weighted by atomic mass is 9.95. The highest BCUT2D eigenvalue weighted by atomic mass is 16.5. The zero-order chi connectivity index (χ0) is 13.7. The Morgan fingerprint density at radius 1 is 1.32 bits per heavy atom. The third kappa shape index (κ3) is 3.96. The topological polar surface area (TPSA) is 49.8 Å². The van der Waals surface area contributed by atoms with Crippen molar-refractivity contribution in [2.24, 2.45) is 5.92 Å². The average Bonchev–Trinajstić information content (AvgIpc) is 2.46. The van der Waals surface area contributed by atoms with E-state index in [1.54, 1.807) is 36.2 Å². The van der Waals surface area contributed by atoms with Crippen LogP contribution in [-0.2, 0) is 9.53 Å². The smallest absolute Gasteiger partial charge is 0.226 e. The van der Waals surface area contributed by atoms with Crippen LogP contribution in [0, 0.1) is 5.92 Å². The Hall–Kier alpha value is -1.55. The van der Waals surface area contributed by atoms with Crippen LogP contribution in [0.25, 0.3) is 0 Å². The summed E-state index contributed by atoms with van der Waals surface area (Å²) in [4.78, 5) is 13.8. The SMILES string of the molecule is CN(C(=O)CCC1CCOCC1)c1ccc(O)cc1. The summed E-state index contributed by atoms with van der Waals surface area (Å²) in [6.45, 7) is 1.65. The van der Waals surface area contributed by atoms with E-state index in [0.717, 1.165) is 38.2 Å². The zero-order valence-electron chi connectivity index (χ0n) is 11.3. The predicted octanol–water partition coefficient (Wildman–Crippen LogP) is 2.56. The molecule has 19 heavy (non-hydrogen) atoms. The van der Waals surface area contributed by atoms with Crippen molar-refractivity contribution in [2.75, 3.05) is 25.2 Å². The summed E-state index contributed by atoms with van der Waals surface area (Å²) in [5.74, 6) is 0.954. The number of aromatic hydroxyl groups is 1. The number of phenolic OH excluding ortho intramolecular Hbond substituents is 1.